The average molecular weight is 361 g/mol. The van der Waals surface area contributed by atoms with Gasteiger partial charge in [0, 0.05) is 0 Å². The molecule has 11 nitrogen and oxygen atoms in total. The van der Waals surface area contributed by atoms with E-state index in [4.69, 9.17) is 31.3 Å². The van der Waals surface area contributed by atoms with Crippen LogP contribution in [0.4, 0.5) is 5.95 Å². The number of rotatable bonds is 2. The maximum Gasteiger partial charge on any atom is 0.325 e. The molecular formula is C10H12N5O6PS. The molecule has 0 saturated carbocycles. The maximum atomic E-state index is 11.8. The molecule has 124 valence electrons. The van der Waals surface area contributed by atoms with Crippen molar-refractivity contribution in [2.45, 2.75) is 24.5 Å². The minimum Gasteiger partial charge on any atom is -0.394 e. The molecule has 0 aliphatic carbocycles. The predicted molar refractivity (Wildman–Crippen MR) is 79.8 cm³/mol. The third kappa shape index (κ3) is 2.31. The van der Waals surface area contributed by atoms with Crippen molar-refractivity contribution in [1.82, 2.24) is 19.5 Å². The molecule has 0 amide bonds. The van der Waals surface area contributed by atoms with Crippen molar-refractivity contribution < 1.29 is 23.8 Å². The molecule has 4 rings (SSSR count). The second kappa shape index (κ2) is 5.05. The first kappa shape index (κ1) is 15.1. The van der Waals surface area contributed by atoms with Gasteiger partial charge < -0.3 is 20.5 Å². The number of imidazole rings is 1. The van der Waals surface area contributed by atoms with Crippen LogP contribution in [0.2, 0.25) is 0 Å². The topological polar surface area (TPSA) is 158 Å². The summed E-state index contributed by atoms with van der Waals surface area (Å²) in [6, 6.07) is 0. The summed E-state index contributed by atoms with van der Waals surface area (Å²) in [4.78, 5) is 32.1. The number of nitrogen functional groups attached to an aromatic ring is 1. The van der Waals surface area contributed by atoms with Crippen LogP contribution in [0.25, 0.3) is 11.2 Å². The average Bonchev–Trinajstić information content (AvgIpc) is 3.09. The van der Waals surface area contributed by atoms with Crippen molar-refractivity contribution in [3.63, 3.8) is 0 Å². The zero-order valence-corrected chi connectivity index (χ0v) is 13.1. The van der Waals surface area contributed by atoms with Crippen LogP contribution < -0.4 is 11.3 Å². The van der Waals surface area contributed by atoms with Crippen molar-refractivity contribution in [3.05, 3.63) is 16.7 Å². The second-order valence-electron chi connectivity index (χ2n) is 5.13. The summed E-state index contributed by atoms with van der Waals surface area (Å²) in [6.45, 7) is -3.74. The molecule has 2 aliphatic heterocycles. The Bertz CT molecular complexity index is 884. The number of ether oxygens (including phenoxy) is 1. The highest BCUT2D eigenvalue weighted by Gasteiger charge is 2.56. The van der Waals surface area contributed by atoms with Crippen molar-refractivity contribution in [1.29, 1.82) is 0 Å². The Balaban J connectivity index is 1.82. The molecule has 2 fully saturated rings. The summed E-state index contributed by atoms with van der Waals surface area (Å²) in [5.41, 5.74) is 5.34. The van der Waals surface area contributed by atoms with Crippen LogP contribution in [-0.4, -0.2) is 54.4 Å². The molecule has 0 bridgehead atoms. The molecule has 0 spiro atoms. The van der Waals surface area contributed by atoms with Crippen molar-refractivity contribution in [3.8, 4) is 0 Å². The summed E-state index contributed by atoms with van der Waals surface area (Å²) < 4.78 is 17.8. The van der Waals surface area contributed by atoms with Crippen LogP contribution in [-0.2, 0) is 25.6 Å². The monoisotopic (exact) mass is 361 g/mol. The Morgan fingerprint density at radius 3 is 2.96 bits per heavy atom. The Labute approximate surface area is 133 Å². The van der Waals surface area contributed by atoms with E-state index in [1.165, 1.54) is 10.9 Å². The van der Waals surface area contributed by atoms with Gasteiger partial charge in [0.1, 0.15) is 18.3 Å². The SMILES string of the molecule is Nc1nc2c(ncn2C2OC(CO)C3OP(O)(=S)OC32)c(=O)[nH]1. The van der Waals surface area contributed by atoms with Crippen LogP contribution >= 0.6 is 6.72 Å². The standard InChI is InChI=1S/C10H12N5O6PS/c11-10-13-7-4(8(17)14-10)12-2-15(7)9-6-5(3(1-16)19-9)20-22(18,23)21-6/h2-3,5-6,9,16H,1H2,(H,18,23)(H3,11,13,14,17). The Kier molecular flexibility index (Phi) is 3.32. The smallest absolute Gasteiger partial charge is 0.325 e. The molecule has 2 aromatic heterocycles. The minimum atomic E-state index is -3.39. The van der Waals surface area contributed by atoms with Gasteiger partial charge in [-0.1, -0.05) is 0 Å². The zero-order chi connectivity index (χ0) is 16.4. The van der Waals surface area contributed by atoms with Crippen LogP contribution in [0.1, 0.15) is 6.23 Å². The molecule has 5 unspecified atom stereocenters. The van der Waals surface area contributed by atoms with Crippen molar-refractivity contribution >= 4 is 35.6 Å². The van der Waals surface area contributed by atoms with Crippen LogP contribution in [0, 0.1) is 0 Å². The molecule has 4 heterocycles. The number of aromatic nitrogens is 4. The normalized spacial score (nSPS) is 36.6. The first-order valence-corrected chi connectivity index (χ1v) is 9.17. The summed E-state index contributed by atoms with van der Waals surface area (Å²) >= 11 is 4.85. The zero-order valence-electron chi connectivity index (χ0n) is 11.4. The van der Waals surface area contributed by atoms with Crippen LogP contribution in [0.5, 0.6) is 0 Å². The number of aromatic amines is 1. The number of nitrogens with one attached hydrogen (secondary N) is 1. The van der Waals surface area contributed by atoms with E-state index < -0.39 is 36.8 Å². The first-order chi connectivity index (χ1) is 10.9. The van der Waals surface area contributed by atoms with Crippen LogP contribution in [0.3, 0.4) is 0 Å². The number of nitrogens with zero attached hydrogens (tertiary/aromatic N) is 3. The summed E-state index contributed by atoms with van der Waals surface area (Å²) in [6.07, 6.45) is -1.71. The quantitative estimate of drug-likeness (QED) is 0.468. The summed E-state index contributed by atoms with van der Waals surface area (Å²) in [5.74, 6) is -0.0756. The molecule has 2 aliphatic rings. The molecular weight excluding hydrogens is 349 g/mol. The lowest BCUT2D eigenvalue weighted by Crippen LogP contribution is -2.30. The number of anilines is 1. The third-order valence-electron chi connectivity index (χ3n) is 3.70. The van der Waals surface area contributed by atoms with Gasteiger partial charge in [0.05, 0.1) is 12.9 Å². The number of fused-ring (bicyclic) bond motifs is 2. The number of nitrogens with two attached hydrogens (primary N) is 1. The maximum absolute atomic E-state index is 11.8. The number of aliphatic hydroxyl groups excluding tert-OH is 1. The highest BCUT2D eigenvalue weighted by molar-refractivity contribution is 8.07. The van der Waals surface area contributed by atoms with E-state index in [9.17, 15) is 14.8 Å². The molecule has 13 heteroatoms. The van der Waals surface area contributed by atoms with Gasteiger partial charge in [-0.15, -0.1) is 0 Å². The van der Waals surface area contributed by atoms with Gasteiger partial charge in [-0.05, 0) is 11.8 Å². The lowest BCUT2D eigenvalue weighted by Gasteiger charge is -2.19. The first-order valence-electron chi connectivity index (χ1n) is 6.58. The van der Waals surface area contributed by atoms with E-state index in [1.807, 2.05) is 0 Å². The number of H-pyrrole nitrogens is 1. The lowest BCUT2D eigenvalue weighted by molar-refractivity contribution is -0.0560. The van der Waals surface area contributed by atoms with Crippen molar-refractivity contribution in [2.24, 2.45) is 0 Å². The van der Waals surface area contributed by atoms with Gasteiger partial charge in [0.15, 0.2) is 17.4 Å². The van der Waals surface area contributed by atoms with Gasteiger partial charge in [-0.2, -0.15) is 4.98 Å². The number of hydrogen-bond donors (Lipinski definition) is 4. The Hall–Kier alpha value is -1.40. The highest BCUT2D eigenvalue weighted by Crippen LogP contribution is 2.58. The van der Waals surface area contributed by atoms with E-state index in [2.05, 4.69) is 15.0 Å². The van der Waals surface area contributed by atoms with E-state index in [1.54, 1.807) is 0 Å². The molecule has 23 heavy (non-hydrogen) atoms. The van der Waals surface area contributed by atoms with E-state index >= 15 is 0 Å². The van der Waals surface area contributed by atoms with Gasteiger partial charge in [0.25, 0.3) is 5.56 Å². The molecule has 5 N–H and O–H groups in total. The fraction of sp³-hybridized carbons (Fsp3) is 0.500. The van der Waals surface area contributed by atoms with Gasteiger partial charge in [-0.25, -0.2) is 4.98 Å². The van der Waals surface area contributed by atoms with Gasteiger partial charge in [0.2, 0.25) is 5.95 Å². The fourth-order valence-electron chi connectivity index (χ4n) is 2.78. The number of hydrogen-bond acceptors (Lipinski definition) is 9. The van der Waals surface area contributed by atoms with E-state index in [0.717, 1.165) is 0 Å². The number of aliphatic hydroxyl groups is 1. The molecule has 2 saturated heterocycles. The van der Waals surface area contributed by atoms with Gasteiger partial charge in [-0.3, -0.25) is 23.4 Å². The largest absolute Gasteiger partial charge is 0.394 e. The highest BCUT2D eigenvalue weighted by atomic mass is 32.5. The van der Waals surface area contributed by atoms with E-state index in [-0.39, 0.29) is 23.7 Å². The summed E-state index contributed by atoms with van der Waals surface area (Å²) in [7, 11) is 0. The minimum absolute atomic E-state index is 0.0756. The molecule has 5 atom stereocenters. The lowest BCUT2D eigenvalue weighted by atomic mass is 10.1. The fourth-order valence-corrected chi connectivity index (χ4v) is 4.52. The van der Waals surface area contributed by atoms with E-state index in [0.29, 0.717) is 0 Å². The molecule has 0 aromatic carbocycles. The second-order valence-corrected chi connectivity index (χ2v) is 7.87. The van der Waals surface area contributed by atoms with Gasteiger partial charge >= 0.3 is 6.72 Å². The molecule has 2 aromatic rings. The van der Waals surface area contributed by atoms with Crippen LogP contribution in [0.15, 0.2) is 11.1 Å². The Morgan fingerprint density at radius 2 is 2.22 bits per heavy atom. The predicted octanol–water partition coefficient (Wildman–Crippen LogP) is -1.41. The third-order valence-corrected chi connectivity index (χ3v) is 5.24. The summed E-state index contributed by atoms with van der Waals surface area (Å²) in [5, 5.41) is 9.42. The molecule has 0 radical (unpaired) electrons. The van der Waals surface area contributed by atoms with Crippen molar-refractivity contribution in [2.75, 3.05) is 12.3 Å². The Morgan fingerprint density at radius 1 is 1.48 bits per heavy atom.